The van der Waals surface area contributed by atoms with Crippen LogP contribution in [0.1, 0.15) is 39.2 Å². The zero-order valence-corrected chi connectivity index (χ0v) is 15.8. The molecule has 0 N–H and O–H groups in total. The van der Waals surface area contributed by atoms with E-state index in [1.807, 2.05) is 6.92 Å². The maximum Gasteiger partial charge on any atom is 0.133 e. The molecule has 134 valence electrons. The molecule has 24 heavy (non-hydrogen) atoms. The van der Waals surface area contributed by atoms with Crippen molar-refractivity contribution in [2.45, 2.75) is 46.2 Å². The smallest absolute Gasteiger partial charge is 0.133 e. The van der Waals surface area contributed by atoms with Gasteiger partial charge in [0.05, 0.1) is 0 Å². The molecule has 1 aliphatic rings. The van der Waals surface area contributed by atoms with Gasteiger partial charge in [-0.2, -0.15) is 0 Å². The largest absolute Gasteiger partial charge is 0.369 e. The van der Waals surface area contributed by atoms with Crippen molar-refractivity contribution in [3.8, 4) is 0 Å². The molecule has 0 atom stereocenters. The van der Waals surface area contributed by atoms with Gasteiger partial charge in [0.25, 0.3) is 0 Å². The summed E-state index contributed by atoms with van der Waals surface area (Å²) in [6.07, 6.45) is 1.30. The second-order valence-electron chi connectivity index (χ2n) is 7.16. The zero-order valence-electron chi connectivity index (χ0n) is 15.8. The summed E-state index contributed by atoms with van der Waals surface area (Å²) in [6.45, 7) is 12.7. The van der Waals surface area contributed by atoms with Crippen molar-refractivity contribution >= 4 is 11.5 Å². The van der Waals surface area contributed by atoms with E-state index in [4.69, 9.17) is 0 Å². The summed E-state index contributed by atoms with van der Waals surface area (Å²) in [5, 5.41) is 0. The fraction of sp³-hybridized carbons (Fsp3) is 0.650. The minimum Gasteiger partial charge on any atom is -0.369 e. The molecule has 0 saturated carbocycles. The van der Waals surface area contributed by atoms with Crippen LogP contribution in [0.15, 0.2) is 24.3 Å². The Balaban J connectivity index is 1.81. The molecule has 1 saturated heterocycles. The number of carbonyl (C=O) groups is 1. The quantitative estimate of drug-likeness (QED) is 0.732. The second-order valence-corrected chi connectivity index (χ2v) is 7.16. The molecule has 0 aliphatic carbocycles. The van der Waals surface area contributed by atoms with E-state index in [0.717, 1.165) is 39.3 Å². The zero-order chi connectivity index (χ0) is 17.5. The van der Waals surface area contributed by atoms with Gasteiger partial charge < -0.3 is 9.80 Å². The number of hydrogen-bond donors (Lipinski definition) is 0. The molecule has 0 bridgehead atoms. The van der Waals surface area contributed by atoms with Crippen molar-refractivity contribution in [1.82, 2.24) is 9.80 Å². The van der Waals surface area contributed by atoms with Crippen LogP contribution in [0.3, 0.4) is 0 Å². The molecular weight excluding hydrogens is 298 g/mol. The predicted molar refractivity (Wildman–Crippen MR) is 102 cm³/mol. The summed E-state index contributed by atoms with van der Waals surface area (Å²) in [6, 6.07) is 9.58. The van der Waals surface area contributed by atoms with Crippen molar-refractivity contribution in [2.24, 2.45) is 0 Å². The highest BCUT2D eigenvalue weighted by Gasteiger charge is 2.18. The molecule has 0 spiro atoms. The van der Waals surface area contributed by atoms with Crippen LogP contribution < -0.4 is 4.90 Å². The van der Waals surface area contributed by atoms with Crippen molar-refractivity contribution in [3.05, 3.63) is 29.8 Å². The van der Waals surface area contributed by atoms with Crippen LogP contribution in [0.5, 0.6) is 0 Å². The van der Waals surface area contributed by atoms with Gasteiger partial charge in [0.15, 0.2) is 0 Å². The lowest BCUT2D eigenvalue weighted by Gasteiger charge is -2.38. The number of Topliss-reactive ketones (excluding diaryl/α,β-unsaturated/α-hetero) is 1. The SMILES string of the molecule is CCC(=O)CCN(C)Cc1ccc(N2CCN(C(C)C)CC2)cc1. The summed E-state index contributed by atoms with van der Waals surface area (Å²) in [5.41, 5.74) is 2.64. The van der Waals surface area contributed by atoms with Crippen LogP contribution in [0.25, 0.3) is 0 Å². The lowest BCUT2D eigenvalue weighted by molar-refractivity contribution is -0.119. The van der Waals surface area contributed by atoms with Gasteiger partial charge in [0, 0.05) is 63.8 Å². The average molecular weight is 332 g/mol. The number of hydrogen-bond acceptors (Lipinski definition) is 4. The highest BCUT2D eigenvalue weighted by Crippen LogP contribution is 2.18. The number of rotatable bonds is 8. The molecule has 1 heterocycles. The Kier molecular flexibility index (Phi) is 7.25. The van der Waals surface area contributed by atoms with Gasteiger partial charge in [0.2, 0.25) is 0 Å². The number of piperazine rings is 1. The fourth-order valence-corrected chi connectivity index (χ4v) is 3.19. The average Bonchev–Trinajstić information content (AvgIpc) is 2.60. The fourth-order valence-electron chi connectivity index (χ4n) is 3.19. The maximum atomic E-state index is 11.4. The van der Waals surface area contributed by atoms with Crippen molar-refractivity contribution in [2.75, 3.05) is 44.7 Å². The van der Waals surface area contributed by atoms with Gasteiger partial charge in [-0.3, -0.25) is 9.69 Å². The normalized spacial score (nSPS) is 16.2. The first-order valence-corrected chi connectivity index (χ1v) is 9.27. The Bertz CT molecular complexity index is 504. The van der Waals surface area contributed by atoms with Crippen LogP contribution in [0.4, 0.5) is 5.69 Å². The molecule has 0 unspecified atom stereocenters. The van der Waals surface area contributed by atoms with Crippen molar-refractivity contribution in [3.63, 3.8) is 0 Å². The topological polar surface area (TPSA) is 26.8 Å². The molecule has 0 radical (unpaired) electrons. The van der Waals surface area contributed by atoms with E-state index in [2.05, 4.69) is 59.9 Å². The highest BCUT2D eigenvalue weighted by molar-refractivity contribution is 5.78. The summed E-state index contributed by atoms with van der Waals surface area (Å²) in [5.74, 6) is 0.345. The molecule has 0 aromatic heterocycles. The van der Waals surface area contributed by atoms with E-state index in [1.165, 1.54) is 11.3 Å². The number of anilines is 1. The monoisotopic (exact) mass is 331 g/mol. The molecule has 4 heteroatoms. The predicted octanol–water partition coefficient (Wildman–Crippen LogP) is 3.02. The summed E-state index contributed by atoms with van der Waals surface area (Å²) in [7, 11) is 2.09. The van der Waals surface area contributed by atoms with E-state index >= 15 is 0 Å². The first-order chi connectivity index (χ1) is 11.5. The van der Waals surface area contributed by atoms with Gasteiger partial charge in [-0.15, -0.1) is 0 Å². The number of ketones is 1. The van der Waals surface area contributed by atoms with Gasteiger partial charge in [-0.25, -0.2) is 0 Å². The van der Waals surface area contributed by atoms with Gasteiger partial charge in [0.1, 0.15) is 5.78 Å². The minimum atomic E-state index is 0.345. The van der Waals surface area contributed by atoms with E-state index in [0.29, 0.717) is 24.7 Å². The lowest BCUT2D eigenvalue weighted by atomic mass is 10.1. The summed E-state index contributed by atoms with van der Waals surface area (Å²) in [4.78, 5) is 18.7. The van der Waals surface area contributed by atoms with E-state index in [1.54, 1.807) is 0 Å². The van der Waals surface area contributed by atoms with Crippen LogP contribution >= 0.6 is 0 Å². The summed E-state index contributed by atoms with van der Waals surface area (Å²) < 4.78 is 0. The van der Waals surface area contributed by atoms with Gasteiger partial charge in [-0.1, -0.05) is 19.1 Å². The lowest BCUT2D eigenvalue weighted by Crippen LogP contribution is -2.48. The van der Waals surface area contributed by atoms with Crippen LogP contribution in [0, 0.1) is 0 Å². The third-order valence-electron chi connectivity index (χ3n) is 4.97. The molecular formula is C20H33N3O. The van der Waals surface area contributed by atoms with Gasteiger partial charge >= 0.3 is 0 Å². The van der Waals surface area contributed by atoms with Crippen molar-refractivity contribution in [1.29, 1.82) is 0 Å². The molecule has 2 rings (SSSR count). The molecule has 1 aliphatic heterocycles. The Labute approximate surface area is 147 Å². The van der Waals surface area contributed by atoms with E-state index < -0.39 is 0 Å². The van der Waals surface area contributed by atoms with E-state index in [9.17, 15) is 4.79 Å². The molecule has 4 nitrogen and oxygen atoms in total. The first kappa shape index (κ1) is 18.9. The highest BCUT2D eigenvalue weighted by atomic mass is 16.1. The Morgan fingerprint density at radius 2 is 1.75 bits per heavy atom. The third kappa shape index (κ3) is 5.60. The summed E-state index contributed by atoms with van der Waals surface area (Å²) >= 11 is 0. The van der Waals surface area contributed by atoms with Crippen LogP contribution in [-0.4, -0.2) is 61.4 Å². The Morgan fingerprint density at radius 1 is 1.12 bits per heavy atom. The third-order valence-corrected chi connectivity index (χ3v) is 4.97. The number of benzene rings is 1. The molecule has 1 aromatic rings. The standard InChI is InChI=1S/C20H33N3O/c1-5-20(24)10-11-21(4)16-18-6-8-19(9-7-18)23-14-12-22(13-15-23)17(2)3/h6-9,17H,5,10-16H2,1-4H3. The molecule has 0 amide bonds. The molecule has 1 aromatic carbocycles. The minimum absolute atomic E-state index is 0.345. The van der Waals surface area contributed by atoms with Crippen LogP contribution in [0.2, 0.25) is 0 Å². The maximum absolute atomic E-state index is 11.4. The number of nitrogens with zero attached hydrogens (tertiary/aromatic N) is 3. The Hall–Kier alpha value is -1.39. The van der Waals surface area contributed by atoms with Crippen molar-refractivity contribution < 1.29 is 4.79 Å². The van der Waals surface area contributed by atoms with E-state index in [-0.39, 0.29) is 0 Å². The second kappa shape index (κ2) is 9.19. The van der Waals surface area contributed by atoms with Gasteiger partial charge in [-0.05, 0) is 38.6 Å². The number of carbonyl (C=O) groups excluding carboxylic acids is 1. The Morgan fingerprint density at radius 3 is 2.29 bits per heavy atom. The molecule has 1 fully saturated rings. The van der Waals surface area contributed by atoms with Crippen LogP contribution in [-0.2, 0) is 11.3 Å². The first-order valence-electron chi connectivity index (χ1n) is 9.27.